The number of aliphatic carboxylic acids is 1. The number of rotatable bonds is 7. The summed E-state index contributed by atoms with van der Waals surface area (Å²) >= 11 is 0. The summed E-state index contributed by atoms with van der Waals surface area (Å²) in [6, 6.07) is 0. The normalized spacial score (nSPS) is 17.5. The lowest BCUT2D eigenvalue weighted by atomic mass is 9.75. The number of aliphatic hydroxyl groups is 1. The van der Waals surface area contributed by atoms with Crippen LogP contribution in [-0.4, -0.2) is 21.8 Å². The molecule has 2 N–H and O–H groups in total. The van der Waals surface area contributed by atoms with Gasteiger partial charge in [-0.25, -0.2) is 4.79 Å². The molecule has 0 fully saturated rings. The second-order valence-electron chi connectivity index (χ2n) is 4.53. The van der Waals surface area contributed by atoms with Crippen LogP contribution < -0.4 is 0 Å². The molecule has 15 heavy (non-hydrogen) atoms. The molecule has 0 spiro atoms. The molecule has 0 heterocycles. The predicted octanol–water partition coefficient (Wildman–Crippen LogP) is 2.67. The Hall–Kier alpha value is -0.570. The van der Waals surface area contributed by atoms with Crippen LogP contribution in [0.2, 0.25) is 0 Å². The summed E-state index contributed by atoms with van der Waals surface area (Å²) in [6.07, 6.45) is 3.50. The Morgan fingerprint density at radius 1 is 1.33 bits per heavy atom. The van der Waals surface area contributed by atoms with Crippen molar-refractivity contribution in [1.82, 2.24) is 0 Å². The molecule has 0 saturated carbocycles. The zero-order valence-corrected chi connectivity index (χ0v) is 10.3. The Morgan fingerprint density at radius 2 is 1.87 bits per heavy atom. The molecule has 0 aromatic carbocycles. The van der Waals surface area contributed by atoms with Gasteiger partial charge in [0.25, 0.3) is 0 Å². The fraction of sp³-hybridized carbons (Fsp3) is 0.917. The Kier molecular flexibility index (Phi) is 5.88. The molecule has 0 aromatic heterocycles. The van der Waals surface area contributed by atoms with Crippen molar-refractivity contribution >= 4 is 5.97 Å². The van der Waals surface area contributed by atoms with Crippen molar-refractivity contribution in [3.05, 3.63) is 0 Å². The molecule has 3 heteroatoms. The molecule has 0 aliphatic carbocycles. The standard InChI is InChI=1S/C12H24O3/c1-5-7-8-10(6-2)12(15,9(3)4)11(13)14/h9-10,15H,5-8H2,1-4H3,(H,13,14). The number of hydrogen-bond acceptors (Lipinski definition) is 2. The van der Waals surface area contributed by atoms with Crippen LogP contribution in [0.1, 0.15) is 53.4 Å². The Bertz CT molecular complexity index is 201. The molecular formula is C12H24O3. The van der Waals surface area contributed by atoms with Crippen molar-refractivity contribution in [2.75, 3.05) is 0 Å². The van der Waals surface area contributed by atoms with Gasteiger partial charge < -0.3 is 10.2 Å². The summed E-state index contributed by atoms with van der Waals surface area (Å²) in [7, 11) is 0. The highest BCUT2D eigenvalue weighted by Gasteiger charge is 2.45. The van der Waals surface area contributed by atoms with Gasteiger partial charge in [0.1, 0.15) is 0 Å². The molecule has 90 valence electrons. The first-order valence-electron chi connectivity index (χ1n) is 5.86. The monoisotopic (exact) mass is 216 g/mol. The van der Waals surface area contributed by atoms with E-state index in [1.165, 1.54) is 0 Å². The van der Waals surface area contributed by atoms with Crippen molar-refractivity contribution in [2.45, 2.75) is 59.0 Å². The maximum absolute atomic E-state index is 11.2. The van der Waals surface area contributed by atoms with Crippen LogP contribution in [0.4, 0.5) is 0 Å². The van der Waals surface area contributed by atoms with Crippen LogP contribution in [0.5, 0.6) is 0 Å². The zero-order valence-electron chi connectivity index (χ0n) is 10.3. The summed E-state index contributed by atoms with van der Waals surface area (Å²) in [5.41, 5.74) is -1.57. The molecule has 0 saturated heterocycles. The SMILES string of the molecule is CCCCC(CC)C(O)(C(=O)O)C(C)C. The van der Waals surface area contributed by atoms with E-state index in [1.807, 2.05) is 6.92 Å². The molecule has 0 aliphatic rings. The molecule has 2 unspecified atom stereocenters. The van der Waals surface area contributed by atoms with Gasteiger partial charge in [-0.1, -0.05) is 40.5 Å². The Morgan fingerprint density at radius 3 is 2.13 bits per heavy atom. The first-order valence-corrected chi connectivity index (χ1v) is 5.86. The van der Waals surface area contributed by atoms with E-state index in [0.717, 1.165) is 19.3 Å². The van der Waals surface area contributed by atoms with Crippen LogP contribution in [0, 0.1) is 11.8 Å². The van der Waals surface area contributed by atoms with Gasteiger partial charge in [-0.05, 0) is 24.7 Å². The lowest BCUT2D eigenvalue weighted by Gasteiger charge is -2.35. The van der Waals surface area contributed by atoms with Crippen LogP contribution in [0.25, 0.3) is 0 Å². The number of carboxylic acid groups (broad SMARTS) is 1. The van der Waals surface area contributed by atoms with Crippen molar-refractivity contribution in [3.8, 4) is 0 Å². The molecule has 0 radical (unpaired) electrons. The fourth-order valence-electron chi connectivity index (χ4n) is 2.08. The van der Waals surface area contributed by atoms with Crippen LogP contribution in [0.15, 0.2) is 0 Å². The summed E-state index contributed by atoms with van der Waals surface area (Å²) in [6.45, 7) is 7.55. The third-order valence-electron chi connectivity index (χ3n) is 3.24. The van der Waals surface area contributed by atoms with E-state index in [0.29, 0.717) is 6.42 Å². The number of hydrogen-bond donors (Lipinski definition) is 2. The van der Waals surface area contributed by atoms with E-state index in [1.54, 1.807) is 13.8 Å². The van der Waals surface area contributed by atoms with Gasteiger partial charge in [-0.2, -0.15) is 0 Å². The topological polar surface area (TPSA) is 57.5 Å². The Balaban J connectivity index is 4.78. The Labute approximate surface area is 92.5 Å². The van der Waals surface area contributed by atoms with E-state index in [-0.39, 0.29) is 11.8 Å². The molecule has 0 aliphatic heterocycles. The lowest BCUT2D eigenvalue weighted by molar-refractivity contribution is -0.172. The summed E-state index contributed by atoms with van der Waals surface area (Å²) in [5.74, 6) is -1.48. The minimum atomic E-state index is -1.57. The molecule has 0 amide bonds. The lowest BCUT2D eigenvalue weighted by Crippen LogP contribution is -2.50. The van der Waals surface area contributed by atoms with Gasteiger partial charge in [0.2, 0.25) is 0 Å². The minimum Gasteiger partial charge on any atom is -0.479 e. The first kappa shape index (κ1) is 14.4. The quantitative estimate of drug-likeness (QED) is 0.688. The summed E-state index contributed by atoms with van der Waals surface area (Å²) < 4.78 is 0. The molecular weight excluding hydrogens is 192 g/mol. The van der Waals surface area contributed by atoms with Gasteiger partial charge in [-0.15, -0.1) is 0 Å². The third-order valence-corrected chi connectivity index (χ3v) is 3.24. The van der Waals surface area contributed by atoms with Crippen LogP contribution >= 0.6 is 0 Å². The highest BCUT2D eigenvalue weighted by molar-refractivity contribution is 5.77. The fourth-order valence-corrected chi connectivity index (χ4v) is 2.08. The van der Waals surface area contributed by atoms with Gasteiger partial charge >= 0.3 is 5.97 Å². The summed E-state index contributed by atoms with van der Waals surface area (Å²) in [5, 5.41) is 19.4. The second-order valence-corrected chi connectivity index (χ2v) is 4.53. The van der Waals surface area contributed by atoms with E-state index < -0.39 is 11.6 Å². The van der Waals surface area contributed by atoms with Gasteiger partial charge in [0.15, 0.2) is 5.60 Å². The van der Waals surface area contributed by atoms with Crippen LogP contribution in [0.3, 0.4) is 0 Å². The third kappa shape index (κ3) is 3.20. The number of carbonyl (C=O) groups is 1. The second kappa shape index (κ2) is 6.11. The first-order chi connectivity index (χ1) is 6.91. The molecule has 3 nitrogen and oxygen atoms in total. The summed E-state index contributed by atoms with van der Waals surface area (Å²) in [4.78, 5) is 11.2. The molecule has 0 aromatic rings. The van der Waals surface area contributed by atoms with Gasteiger partial charge in [0, 0.05) is 0 Å². The van der Waals surface area contributed by atoms with Crippen molar-refractivity contribution in [1.29, 1.82) is 0 Å². The smallest absolute Gasteiger partial charge is 0.336 e. The maximum Gasteiger partial charge on any atom is 0.336 e. The highest BCUT2D eigenvalue weighted by atomic mass is 16.4. The number of unbranched alkanes of at least 4 members (excludes halogenated alkanes) is 1. The molecule has 0 rings (SSSR count). The van der Waals surface area contributed by atoms with Crippen molar-refractivity contribution < 1.29 is 15.0 Å². The number of carboxylic acids is 1. The van der Waals surface area contributed by atoms with E-state index in [2.05, 4.69) is 6.92 Å². The van der Waals surface area contributed by atoms with Crippen molar-refractivity contribution in [2.24, 2.45) is 11.8 Å². The largest absolute Gasteiger partial charge is 0.479 e. The van der Waals surface area contributed by atoms with E-state index in [9.17, 15) is 9.90 Å². The van der Waals surface area contributed by atoms with E-state index >= 15 is 0 Å². The highest BCUT2D eigenvalue weighted by Crippen LogP contribution is 2.32. The maximum atomic E-state index is 11.2. The zero-order chi connectivity index (χ0) is 12.1. The average Bonchev–Trinajstić information content (AvgIpc) is 2.17. The van der Waals surface area contributed by atoms with Crippen molar-refractivity contribution in [3.63, 3.8) is 0 Å². The van der Waals surface area contributed by atoms with Crippen LogP contribution in [-0.2, 0) is 4.79 Å². The van der Waals surface area contributed by atoms with Gasteiger partial charge in [0.05, 0.1) is 0 Å². The minimum absolute atomic E-state index is 0.144. The van der Waals surface area contributed by atoms with Gasteiger partial charge in [-0.3, -0.25) is 0 Å². The molecule has 2 atom stereocenters. The average molecular weight is 216 g/mol. The molecule has 0 bridgehead atoms. The predicted molar refractivity (Wildman–Crippen MR) is 60.7 cm³/mol. The van der Waals surface area contributed by atoms with E-state index in [4.69, 9.17) is 5.11 Å².